The lowest BCUT2D eigenvalue weighted by Crippen LogP contribution is -2.39. The molecule has 0 aliphatic carbocycles. The minimum Gasteiger partial charge on any atom is -0.271 e. The molecule has 0 radical (unpaired) electrons. The predicted octanol–water partition coefficient (Wildman–Crippen LogP) is 3.69. The fraction of sp³-hybridized carbons (Fsp3) is 0.0476. The van der Waals surface area contributed by atoms with Crippen molar-refractivity contribution in [2.24, 2.45) is 5.10 Å². The van der Waals surface area contributed by atoms with Gasteiger partial charge in [0.2, 0.25) is 0 Å². The summed E-state index contributed by atoms with van der Waals surface area (Å²) in [5.41, 5.74) is 3.49. The number of hydrogen-bond donors (Lipinski definition) is 1. The van der Waals surface area contributed by atoms with Crippen LogP contribution in [0.3, 0.4) is 0 Å². The highest BCUT2D eigenvalue weighted by Gasteiger charge is 2.26. The first-order valence-electron chi connectivity index (χ1n) is 8.67. The van der Waals surface area contributed by atoms with E-state index in [-0.39, 0.29) is 4.90 Å². The number of carbonyl (C=O) groups is 1. The van der Waals surface area contributed by atoms with Crippen LogP contribution in [0.5, 0.6) is 0 Å². The lowest BCUT2D eigenvalue weighted by Gasteiger charge is -2.23. The number of rotatable bonds is 7. The first-order valence-corrected chi connectivity index (χ1v) is 10.5. The second-order valence-corrected chi connectivity index (χ2v) is 8.30. The molecule has 0 bridgehead atoms. The molecule has 0 saturated carbocycles. The Labute approximate surface area is 174 Å². The van der Waals surface area contributed by atoms with Crippen molar-refractivity contribution >= 4 is 39.4 Å². The van der Waals surface area contributed by atoms with Gasteiger partial charge in [0, 0.05) is 5.02 Å². The second-order valence-electron chi connectivity index (χ2n) is 6.01. The molecule has 0 aliphatic rings. The summed E-state index contributed by atoms with van der Waals surface area (Å²) in [6.07, 6.45) is 1.45. The molecule has 0 atom stereocenters. The number of nitrogens with one attached hydrogen (secondary N) is 1. The molecule has 3 aromatic carbocycles. The molecule has 0 saturated heterocycles. The summed E-state index contributed by atoms with van der Waals surface area (Å²) >= 11 is 5.83. The maximum Gasteiger partial charge on any atom is 0.264 e. The van der Waals surface area contributed by atoms with Crippen LogP contribution in [-0.2, 0) is 14.8 Å². The molecule has 29 heavy (non-hydrogen) atoms. The molecule has 3 aromatic rings. The Kier molecular flexibility index (Phi) is 6.64. The second kappa shape index (κ2) is 9.36. The molecular formula is C21H18ClN3O3S. The monoisotopic (exact) mass is 427 g/mol. The van der Waals surface area contributed by atoms with Crippen LogP contribution in [0.2, 0.25) is 5.02 Å². The van der Waals surface area contributed by atoms with E-state index in [0.29, 0.717) is 10.7 Å². The van der Waals surface area contributed by atoms with Crippen molar-refractivity contribution in [3.63, 3.8) is 0 Å². The topological polar surface area (TPSA) is 78.8 Å². The number of carbonyl (C=O) groups excluding carboxylic acids is 1. The average molecular weight is 428 g/mol. The van der Waals surface area contributed by atoms with Crippen molar-refractivity contribution in [3.05, 3.63) is 95.5 Å². The van der Waals surface area contributed by atoms with E-state index in [9.17, 15) is 13.2 Å². The zero-order valence-electron chi connectivity index (χ0n) is 15.3. The van der Waals surface area contributed by atoms with Crippen LogP contribution in [-0.4, -0.2) is 27.1 Å². The van der Waals surface area contributed by atoms with Gasteiger partial charge in [-0.15, -0.1) is 0 Å². The summed E-state index contributed by atoms with van der Waals surface area (Å²) in [4.78, 5) is 12.5. The van der Waals surface area contributed by atoms with E-state index >= 15 is 0 Å². The highest BCUT2D eigenvalue weighted by Crippen LogP contribution is 2.23. The number of hydrazone groups is 1. The fourth-order valence-corrected chi connectivity index (χ4v) is 4.09. The third kappa shape index (κ3) is 5.43. The number of benzene rings is 3. The molecule has 0 aromatic heterocycles. The molecule has 148 valence electrons. The third-order valence-electron chi connectivity index (χ3n) is 3.94. The first-order chi connectivity index (χ1) is 14.0. The third-order valence-corrected chi connectivity index (χ3v) is 5.98. The van der Waals surface area contributed by atoms with E-state index in [1.807, 2.05) is 0 Å². The zero-order chi connectivity index (χ0) is 20.7. The summed E-state index contributed by atoms with van der Waals surface area (Å²) in [6.45, 7) is -0.417. The van der Waals surface area contributed by atoms with E-state index in [1.54, 1.807) is 72.8 Å². The fourth-order valence-electron chi connectivity index (χ4n) is 2.52. The molecular weight excluding hydrogens is 410 g/mol. The van der Waals surface area contributed by atoms with Crippen molar-refractivity contribution in [1.29, 1.82) is 0 Å². The van der Waals surface area contributed by atoms with E-state index in [2.05, 4.69) is 10.5 Å². The Morgan fingerprint density at radius 3 is 2.14 bits per heavy atom. The van der Waals surface area contributed by atoms with Gasteiger partial charge in [-0.3, -0.25) is 9.10 Å². The maximum absolute atomic E-state index is 13.1. The van der Waals surface area contributed by atoms with Gasteiger partial charge in [0.05, 0.1) is 16.8 Å². The molecule has 0 aliphatic heterocycles. The molecule has 1 N–H and O–H groups in total. The van der Waals surface area contributed by atoms with Gasteiger partial charge in [-0.05, 0) is 42.0 Å². The van der Waals surface area contributed by atoms with Gasteiger partial charge in [0.25, 0.3) is 15.9 Å². The molecule has 0 spiro atoms. The minimum atomic E-state index is -3.93. The Morgan fingerprint density at radius 1 is 0.931 bits per heavy atom. The summed E-state index contributed by atoms with van der Waals surface area (Å²) in [5, 5.41) is 4.48. The quantitative estimate of drug-likeness (QED) is 0.461. The van der Waals surface area contributed by atoms with E-state index in [4.69, 9.17) is 11.6 Å². The van der Waals surface area contributed by atoms with Gasteiger partial charge < -0.3 is 0 Å². The standard InChI is InChI=1S/C21H18ClN3O3S/c22-18-13-11-17(12-14-18)15-23-24-21(26)16-25(19-7-3-1-4-8-19)29(27,28)20-9-5-2-6-10-20/h1-15H,16H2,(H,24,26). The Hall–Kier alpha value is -3.16. The normalized spacial score (nSPS) is 11.3. The first kappa shape index (κ1) is 20.6. The highest BCUT2D eigenvalue weighted by molar-refractivity contribution is 7.92. The number of anilines is 1. The Balaban J connectivity index is 1.78. The van der Waals surface area contributed by atoms with Crippen molar-refractivity contribution in [2.75, 3.05) is 10.8 Å². The van der Waals surface area contributed by atoms with Crippen LogP contribution >= 0.6 is 11.6 Å². The summed E-state index contributed by atoms with van der Waals surface area (Å²) in [5.74, 6) is -0.571. The summed E-state index contributed by atoms with van der Waals surface area (Å²) in [7, 11) is -3.93. The minimum absolute atomic E-state index is 0.0984. The van der Waals surface area contributed by atoms with Crippen LogP contribution in [0.1, 0.15) is 5.56 Å². The molecule has 1 amide bonds. The molecule has 0 heterocycles. The van der Waals surface area contributed by atoms with Crippen LogP contribution < -0.4 is 9.73 Å². The number of halogens is 1. The van der Waals surface area contributed by atoms with Gasteiger partial charge in [0.15, 0.2) is 0 Å². The van der Waals surface area contributed by atoms with Crippen LogP contribution in [0, 0.1) is 0 Å². The molecule has 6 nitrogen and oxygen atoms in total. The van der Waals surface area contributed by atoms with Crippen molar-refractivity contribution in [1.82, 2.24) is 5.43 Å². The van der Waals surface area contributed by atoms with Crippen molar-refractivity contribution < 1.29 is 13.2 Å². The van der Waals surface area contributed by atoms with E-state index < -0.39 is 22.5 Å². The average Bonchev–Trinajstić information content (AvgIpc) is 2.74. The van der Waals surface area contributed by atoms with Crippen molar-refractivity contribution in [3.8, 4) is 0 Å². The molecule has 8 heteroatoms. The van der Waals surface area contributed by atoms with Crippen LogP contribution in [0.4, 0.5) is 5.69 Å². The number of hydrogen-bond acceptors (Lipinski definition) is 4. The van der Waals surface area contributed by atoms with Crippen LogP contribution in [0.15, 0.2) is 94.9 Å². The lowest BCUT2D eigenvalue weighted by atomic mass is 10.2. The Bertz CT molecular complexity index is 1090. The Morgan fingerprint density at radius 2 is 1.52 bits per heavy atom. The summed E-state index contributed by atoms with van der Waals surface area (Å²) < 4.78 is 27.2. The highest BCUT2D eigenvalue weighted by atomic mass is 35.5. The number of amides is 1. The van der Waals surface area contributed by atoms with E-state index in [0.717, 1.165) is 9.87 Å². The van der Waals surface area contributed by atoms with Crippen LogP contribution in [0.25, 0.3) is 0 Å². The van der Waals surface area contributed by atoms with Gasteiger partial charge >= 0.3 is 0 Å². The zero-order valence-corrected chi connectivity index (χ0v) is 16.8. The van der Waals surface area contributed by atoms with Gasteiger partial charge in [-0.2, -0.15) is 5.10 Å². The van der Waals surface area contributed by atoms with Gasteiger partial charge in [-0.25, -0.2) is 13.8 Å². The SMILES string of the molecule is O=C(CN(c1ccccc1)S(=O)(=O)c1ccccc1)NN=Cc1ccc(Cl)cc1. The smallest absolute Gasteiger partial charge is 0.264 e. The predicted molar refractivity (Wildman–Crippen MR) is 115 cm³/mol. The number of para-hydroxylation sites is 1. The van der Waals surface area contributed by atoms with E-state index in [1.165, 1.54) is 18.3 Å². The van der Waals surface area contributed by atoms with Gasteiger partial charge in [0.1, 0.15) is 6.54 Å². The largest absolute Gasteiger partial charge is 0.271 e. The van der Waals surface area contributed by atoms with Crippen molar-refractivity contribution in [2.45, 2.75) is 4.90 Å². The molecule has 3 rings (SSSR count). The molecule has 0 fully saturated rings. The summed E-state index contributed by atoms with van der Waals surface area (Å²) in [6, 6.07) is 23.3. The van der Waals surface area contributed by atoms with Gasteiger partial charge in [-0.1, -0.05) is 60.1 Å². The lowest BCUT2D eigenvalue weighted by molar-refractivity contribution is -0.119. The number of sulfonamides is 1. The molecule has 0 unspecified atom stereocenters. The maximum atomic E-state index is 13.1. The number of nitrogens with zero attached hydrogens (tertiary/aromatic N) is 2.